The first kappa shape index (κ1) is 13.9. The number of nitrogens with zero attached hydrogens (tertiary/aromatic N) is 1. The van der Waals surface area contributed by atoms with Gasteiger partial charge in [-0.3, -0.25) is 0 Å². The summed E-state index contributed by atoms with van der Waals surface area (Å²) >= 11 is 0. The van der Waals surface area contributed by atoms with E-state index >= 15 is 0 Å². The van der Waals surface area contributed by atoms with E-state index in [-0.39, 0.29) is 0 Å². The summed E-state index contributed by atoms with van der Waals surface area (Å²) in [6.07, 6.45) is 5.12. The Morgan fingerprint density at radius 2 is 2.31 bits per heavy atom. The lowest BCUT2D eigenvalue weighted by Gasteiger charge is -2.32. The van der Waals surface area contributed by atoms with E-state index in [2.05, 4.69) is 24.2 Å². The Morgan fingerprint density at radius 1 is 1.50 bits per heavy atom. The number of likely N-dealkylation sites (N-methyl/N-ethyl adjacent to an activating group) is 2. The van der Waals surface area contributed by atoms with Gasteiger partial charge in [0.1, 0.15) is 0 Å². The summed E-state index contributed by atoms with van der Waals surface area (Å²) in [6.45, 7) is 6.47. The van der Waals surface area contributed by atoms with Crippen LogP contribution in [-0.4, -0.2) is 51.3 Å². The summed E-state index contributed by atoms with van der Waals surface area (Å²) < 4.78 is 5.54. The van der Waals surface area contributed by atoms with E-state index < -0.39 is 0 Å². The third-order valence-electron chi connectivity index (χ3n) is 3.49. The molecule has 96 valence electrons. The molecule has 1 rings (SSSR count). The zero-order valence-corrected chi connectivity index (χ0v) is 11.2. The molecule has 2 atom stereocenters. The van der Waals surface area contributed by atoms with Crippen molar-refractivity contribution in [1.29, 1.82) is 0 Å². The Balaban J connectivity index is 2.31. The van der Waals surface area contributed by atoms with Gasteiger partial charge in [-0.1, -0.05) is 13.3 Å². The van der Waals surface area contributed by atoms with Crippen LogP contribution in [0.15, 0.2) is 0 Å². The summed E-state index contributed by atoms with van der Waals surface area (Å²) in [7, 11) is 4.30. The SMILES string of the molecule is CCCC(CNC)N(C)CC1CCCOC1. The van der Waals surface area contributed by atoms with Crippen LogP contribution < -0.4 is 5.32 Å². The Hall–Kier alpha value is -0.120. The molecule has 1 aliphatic heterocycles. The second-order valence-corrected chi connectivity index (χ2v) is 5.02. The van der Waals surface area contributed by atoms with Gasteiger partial charge in [0.15, 0.2) is 0 Å². The Bertz CT molecular complexity index is 163. The van der Waals surface area contributed by atoms with Gasteiger partial charge >= 0.3 is 0 Å². The molecule has 0 radical (unpaired) electrons. The molecule has 1 N–H and O–H groups in total. The smallest absolute Gasteiger partial charge is 0.0506 e. The van der Waals surface area contributed by atoms with Crippen LogP contribution >= 0.6 is 0 Å². The van der Waals surface area contributed by atoms with Crippen LogP contribution in [0, 0.1) is 5.92 Å². The number of hydrogen-bond donors (Lipinski definition) is 1. The molecule has 0 aliphatic carbocycles. The minimum Gasteiger partial charge on any atom is -0.381 e. The van der Waals surface area contributed by atoms with Crippen LogP contribution in [0.1, 0.15) is 32.6 Å². The molecule has 0 aromatic heterocycles. The monoisotopic (exact) mass is 228 g/mol. The third-order valence-corrected chi connectivity index (χ3v) is 3.49. The van der Waals surface area contributed by atoms with E-state index in [4.69, 9.17) is 4.74 Å². The lowest BCUT2D eigenvalue weighted by molar-refractivity contribution is 0.0356. The van der Waals surface area contributed by atoms with Gasteiger partial charge in [0, 0.05) is 25.7 Å². The van der Waals surface area contributed by atoms with Crippen molar-refractivity contribution >= 4 is 0 Å². The fraction of sp³-hybridized carbons (Fsp3) is 1.00. The quantitative estimate of drug-likeness (QED) is 0.718. The molecule has 3 heteroatoms. The minimum atomic E-state index is 0.678. The van der Waals surface area contributed by atoms with Crippen molar-refractivity contribution in [1.82, 2.24) is 10.2 Å². The molecule has 1 heterocycles. The molecule has 2 unspecified atom stereocenters. The lowest BCUT2D eigenvalue weighted by atomic mass is 10.0. The first-order valence-corrected chi connectivity index (χ1v) is 6.70. The number of hydrogen-bond acceptors (Lipinski definition) is 3. The van der Waals surface area contributed by atoms with E-state index in [0.717, 1.165) is 25.7 Å². The average Bonchev–Trinajstić information content (AvgIpc) is 2.30. The summed E-state index contributed by atoms with van der Waals surface area (Å²) in [5, 5.41) is 3.30. The molecule has 1 saturated heterocycles. The molecular formula is C13H28N2O. The number of rotatable bonds is 7. The zero-order chi connectivity index (χ0) is 11.8. The first-order chi connectivity index (χ1) is 7.77. The second-order valence-electron chi connectivity index (χ2n) is 5.02. The highest BCUT2D eigenvalue weighted by Crippen LogP contribution is 2.16. The van der Waals surface area contributed by atoms with Crippen molar-refractivity contribution in [2.45, 2.75) is 38.6 Å². The Morgan fingerprint density at radius 3 is 2.88 bits per heavy atom. The predicted molar refractivity (Wildman–Crippen MR) is 68.8 cm³/mol. The maximum absolute atomic E-state index is 5.54. The highest BCUT2D eigenvalue weighted by Gasteiger charge is 2.19. The standard InChI is InChI=1S/C13H28N2O/c1-4-6-13(9-14-2)15(3)10-12-7-5-8-16-11-12/h12-14H,4-11H2,1-3H3. The van der Waals surface area contributed by atoms with Crippen LogP contribution in [0.4, 0.5) is 0 Å². The molecular weight excluding hydrogens is 200 g/mol. The Kier molecular flexibility index (Phi) is 7.01. The average molecular weight is 228 g/mol. The molecule has 0 saturated carbocycles. The lowest BCUT2D eigenvalue weighted by Crippen LogP contribution is -2.42. The largest absolute Gasteiger partial charge is 0.381 e. The van der Waals surface area contributed by atoms with Crippen molar-refractivity contribution in [3.63, 3.8) is 0 Å². The van der Waals surface area contributed by atoms with Gasteiger partial charge in [0.2, 0.25) is 0 Å². The van der Waals surface area contributed by atoms with Crippen molar-refractivity contribution in [2.24, 2.45) is 5.92 Å². The number of ether oxygens (including phenoxy) is 1. The molecule has 1 aliphatic rings. The summed E-state index contributed by atoms with van der Waals surface area (Å²) in [4.78, 5) is 2.51. The van der Waals surface area contributed by atoms with Crippen LogP contribution in [0.2, 0.25) is 0 Å². The fourth-order valence-corrected chi connectivity index (χ4v) is 2.55. The molecule has 3 nitrogen and oxygen atoms in total. The molecule has 1 fully saturated rings. The van der Waals surface area contributed by atoms with Crippen LogP contribution in [0.5, 0.6) is 0 Å². The van der Waals surface area contributed by atoms with E-state index in [1.807, 2.05) is 7.05 Å². The van der Waals surface area contributed by atoms with Gasteiger partial charge in [-0.15, -0.1) is 0 Å². The molecule has 0 aromatic rings. The molecule has 0 amide bonds. The summed E-state index contributed by atoms with van der Waals surface area (Å²) in [5.74, 6) is 0.745. The molecule has 0 spiro atoms. The van der Waals surface area contributed by atoms with E-state index in [1.165, 1.54) is 32.2 Å². The van der Waals surface area contributed by atoms with Crippen molar-refractivity contribution < 1.29 is 4.74 Å². The summed E-state index contributed by atoms with van der Waals surface area (Å²) in [5.41, 5.74) is 0. The van der Waals surface area contributed by atoms with Crippen molar-refractivity contribution in [2.75, 3.05) is 40.4 Å². The van der Waals surface area contributed by atoms with Gasteiger partial charge < -0.3 is 15.0 Å². The van der Waals surface area contributed by atoms with Gasteiger partial charge in [-0.25, -0.2) is 0 Å². The van der Waals surface area contributed by atoms with E-state index in [9.17, 15) is 0 Å². The highest BCUT2D eigenvalue weighted by atomic mass is 16.5. The van der Waals surface area contributed by atoms with Gasteiger partial charge in [-0.2, -0.15) is 0 Å². The van der Waals surface area contributed by atoms with Gasteiger partial charge in [0.25, 0.3) is 0 Å². The first-order valence-electron chi connectivity index (χ1n) is 6.70. The normalized spacial score (nSPS) is 23.6. The minimum absolute atomic E-state index is 0.678. The molecule has 0 aromatic carbocycles. The van der Waals surface area contributed by atoms with Gasteiger partial charge in [-0.05, 0) is 39.3 Å². The predicted octanol–water partition coefficient (Wildman–Crippen LogP) is 1.73. The van der Waals surface area contributed by atoms with E-state index in [1.54, 1.807) is 0 Å². The maximum atomic E-state index is 5.54. The molecule has 16 heavy (non-hydrogen) atoms. The van der Waals surface area contributed by atoms with Crippen LogP contribution in [0.3, 0.4) is 0 Å². The van der Waals surface area contributed by atoms with Crippen molar-refractivity contribution in [3.8, 4) is 0 Å². The third kappa shape index (κ3) is 4.81. The highest BCUT2D eigenvalue weighted by molar-refractivity contribution is 4.74. The van der Waals surface area contributed by atoms with Crippen molar-refractivity contribution in [3.05, 3.63) is 0 Å². The van der Waals surface area contributed by atoms with Crippen LogP contribution in [0.25, 0.3) is 0 Å². The van der Waals surface area contributed by atoms with Crippen LogP contribution in [-0.2, 0) is 4.74 Å². The topological polar surface area (TPSA) is 24.5 Å². The number of nitrogens with one attached hydrogen (secondary N) is 1. The summed E-state index contributed by atoms with van der Waals surface area (Å²) in [6, 6.07) is 0.678. The van der Waals surface area contributed by atoms with Gasteiger partial charge in [0.05, 0.1) is 6.61 Å². The van der Waals surface area contributed by atoms with E-state index in [0.29, 0.717) is 6.04 Å². The Labute approximate surface area is 101 Å². The zero-order valence-electron chi connectivity index (χ0n) is 11.2. The molecule has 0 bridgehead atoms. The second kappa shape index (κ2) is 8.04. The maximum Gasteiger partial charge on any atom is 0.0506 e. The fourth-order valence-electron chi connectivity index (χ4n) is 2.55.